The Hall–Kier alpha value is -3.19. The van der Waals surface area contributed by atoms with Crippen LogP contribution in [0, 0.1) is 16.0 Å². The standard InChI is InChI=1S/C21H22F3N3O6S/c1-12(25-17-11-13(20(28)33-2)7-8-16(17)21(22,23)24)14-9-15(10-14)26-34(31,32)19-6-4-3-5-18(19)27(29)30/h3-8,11-12,14-15,25-26H,9-10H2,1-2H3/t12-,14?,15?/m0/s1. The van der Waals surface area contributed by atoms with E-state index in [1.807, 2.05) is 0 Å². The quantitative estimate of drug-likeness (QED) is 0.318. The van der Waals surface area contributed by atoms with E-state index in [9.17, 15) is 36.5 Å². The number of alkyl halides is 3. The number of ether oxygens (including phenoxy) is 1. The maximum absolute atomic E-state index is 13.4. The number of carbonyl (C=O) groups excluding carboxylic acids is 1. The van der Waals surface area contributed by atoms with Gasteiger partial charge in [0.2, 0.25) is 10.0 Å². The number of hydrogen-bond acceptors (Lipinski definition) is 7. The van der Waals surface area contributed by atoms with Gasteiger partial charge < -0.3 is 10.1 Å². The first-order valence-electron chi connectivity index (χ1n) is 10.2. The maximum atomic E-state index is 13.4. The van der Waals surface area contributed by atoms with Crippen molar-refractivity contribution in [3.8, 4) is 0 Å². The lowest BCUT2D eigenvalue weighted by molar-refractivity contribution is -0.387. The van der Waals surface area contributed by atoms with E-state index in [1.165, 1.54) is 12.1 Å². The van der Waals surface area contributed by atoms with E-state index in [4.69, 9.17) is 0 Å². The number of carbonyl (C=O) groups is 1. The number of benzene rings is 2. The highest BCUT2D eigenvalue weighted by atomic mass is 32.2. The number of rotatable bonds is 8. The Kier molecular flexibility index (Phi) is 7.17. The molecule has 0 spiro atoms. The first kappa shape index (κ1) is 25.4. The average Bonchev–Trinajstić information content (AvgIpc) is 2.74. The highest BCUT2D eigenvalue weighted by molar-refractivity contribution is 7.89. The average molecular weight is 501 g/mol. The van der Waals surface area contributed by atoms with Gasteiger partial charge in [-0.2, -0.15) is 13.2 Å². The molecule has 0 amide bonds. The number of sulfonamides is 1. The van der Waals surface area contributed by atoms with E-state index >= 15 is 0 Å². The molecule has 2 aromatic rings. The number of halogens is 3. The van der Waals surface area contributed by atoms with Crippen LogP contribution < -0.4 is 10.0 Å². The van der Waals surface area contributed by atoms with Gasteiger partial charge in [-0.05, 0) is 49.9 Å². The van der Waals surface area contributed by atoms with Crippen LogP contribution in [-0.2, 0) is 20.9 Å². The van der Waals surface area contributed by atoms with Crippen LogP contribution in [0.2, 0.25) is 0 Å². The molecule has 9 nitrogen and oxygen atoms in total. The van der Waals surface area contributed by atoms with E-state index in [0.717, 1.165) is 37.4 Å². The number of esters is 1. The molecule has 1 fully saturated rings. The molecule has 0 aromatic heterocycles. The molecule has 0 unspecified atom stereocenters. The van der Waals surface area contributed by atoms with E-state index in [1.54, 1.807) is 6.92 Å². The number of para-hydroxylation sites is 1. The van der Waals surface area contributed by atoms with Crippen molar-refractivity contribution >= 4 is 27.4 Å². The number of nitro benzene ring substituents is 1. The number of anilines is 1. The van der Waals surface area contributed by atoms with Crippen LogP contribution in [0.3, 0.4) is 0 Å². The van der Waals surface area contributed by atoms with E-state index < -0.39 is 55.3 Å². The Morgan fingerprint density at radius 2 is 1.85 bits per heavy atom. The zero-order valence-electron chi connectivity index (χ0n) is 18.1. The van der Waals surface area contributed by atoms with Gasteiger partial charge in [0.1, 0.15) is 0 Å². The summed E-state index contributed by atoms with van der Waals surface area (Å²) in [5.74, 6) is -0.959. The highest BCUT2D eigenvalue weighted by Crippen LogP contribution is 2.38. The number of hydrogen-bond donors (Lipinski definition) is 2. The SMILES string of the molecule is COC(=O)c1ccc(C(F)(F)F)c(N[C@@H](C)C2CC(NS(=O)(=O)c3ccccc3[N+](=O)[O-])C2)c1. The summed E-state index contributed by atoms with van der Waals surface area (Å²) in [7, 11) is -3.04. The van der Waals surface area contributed by atoms with Crippen molar-refractivity contribution in [2.24, 2.45) is 5.92 Å². The second-order valence-electron chi connectivity index (χ2n) is 7.96. The summed E-state index contributed by atoms with van der Waals surface area (Å²) in [6.07, 6.45) is -4.03. The molecule has 0 heterocycles. The van der Waals surface area contributed by atoms with Crippen LogP contribution >= 0.6 is 0 Å². The molecule has 34 heavy (non-hydrogen) atoms. The number of methoxy groups -OCH3 is 1. The minimum absolute atomic E-state index is 0.0473. The van der Waals surface area contributed by atoms with Crippen LogP contribution in [0.15, 0.2) is 47.4 Å². The molecule has 0 saturated heterocycles. The van der Waals surface area contributed by atoms with Gasteiger partial charge in [-0.3, -0.25) is 10.1 Å². The van der Waals surface area contributed by atoms with Crippen molar-refractivity contribution in [3.05, 3.63) is 63.7 Å². The summed E-state index contributed by atoms with van der Waals surface area (Å²) < 4.78 is 72.5. The predicted octanol–water partition coefficient (Wildman–Crippen LogP) is 3.96. The molecule has 13 heteroatoms. The van der Waals surface area contributed by atoms with Crippen molar-refractivity contribution in [2.45, 2.75) is 42.9 Å². The molecular weight excluding hydrogens is 479 g/mol. The largest absolute Gasteiger partial charge is 0.465 e. The van der Waals surface area contributed by atoms with E-state index in [0.29, 0.717) is 12.8 Å². The molecule has 0 bridgehead atoms. The second kappa shape index (κ2) is 9.58. The van der Waals surface area contributed by atoms with Gasteiger partial charge in [0.25, 0.3) is 5.69 Å². The molecule has 0 aliphatic heterocycles. The Balaban J connectivity index is 1.69. The number of nitrogens with one attached hydrogen (secondary N) is 2. The molecule has 2 N–H and O–H groups in total. The molecule has 2 aromatic carbocycles. The second-order valence-corrected chi connectivity index (χ2v) is 9.64. The zero-order valence-corrected chi connectivity index (χ0v) is 18.9. The minimum atomic E-state index is -4.65. The monoisotopic (exact) mass is 501 g/mol. The van der Waals surface area contributed by atoms with Gasteiger partial charge in [0, 0.05) is 23.8 Å². The lowest BCUT2D eigenvalue weighted by Crippen LogP contribution is -2.48. The summed E-state index contributed by atoms with van der Waals surface area (Å²) >= 11 is 0. The van der Waals surface area contributed by atoms with Crippen LogP contribution in [0.5, 0.6) is 0 Å². The smallest absolute Gasteiger partial charge is 0.418 e. The Morgan fingerprint density at radius 3 is 2.44 bits per heavy atom. The normalized spacial score (nSPS) is 19.1. The Labute approximate surface area is 193 Å². The van der Waals surface area contributed by atoms with Crippen molar-refractivity contribution in [2.75, 3.05) is 12.4 Å². The van der Waals surface area contributed by atoms with Gasteiger partial charge in [-0.1, -0.05) is 12.1 Å². The lowest BCUT2D eigenvalue weighted by Gasteiger charge is -2.40. The summed E-state index contributed by atoms with van der Waals surface area (Å²) in [5, 5.41) is 13.9. The predicted molar refractivity (Wildman–Crippen MR) is 116 cm³/mol. The maximum Gasteiger partial charge on any atom is 0.418 e. The summed E-state index contributed by atoms with van der Waals surface area (Å²) in [6.45, 7) is 1.66. The van der Waals surface area contributed by atoms with E-state index in [-0.39, 0.29) is 17.2 Å². The van der Waals surface area contributed by atoms with E-state index in [2.05, 4.69) is 14.8 Å². The van der Waals surface area contributed by atoms with Crippen molar-refractivity contribution < 1.29 is 36.0 Å². The third-order valence-electron chi connectivity index (χ3n) is 5.68. The van der Waals surface area contributed by atoms with Crippen LogP contribution in [0.25, 0.3) is 0 Å². The Morgan fingerprint density at radius 1 is 1.21 bits per heavy atom. The minimum Gasteiger partial charge on any atom is -0.465 e. The van der Waals surface area contributed by atoms with Gasteiger partial charge in [-0.15, -0.1) is 0 Å². The van der Waals surface area contributed by atoms with Crippen LogP contribution in [0.4, 0.5) is 24.5 Å². The Bertz CT molecular complexity index is 1200. The molecule has 184 valence electrons. The van der Waals surface area contributed by atoms with Gasteiger partial charge >= 0.3 is 12.1 Å². The lowest BCUT2D eigenvalue weighted by atomic mass is 9.76. The molecule has 0 radical (unpaired) electrons. The van der Waals surface area contributed by atoms with Gasteiger partial charge in [0.15, 0.2) is 4.90 Å². The van der Waals surface area contributed by atoms with Crippen molar-refractivity contribution in [1.29, 1.82) is 0 Å². The third-order valence-corrected chi connectivity index (χ3v) is 7.25. The van der Waals surface area contributed by atoms with Crippen molar-refractivity contribution in [1.82, 2.24) is 4.72 Å². The zero-order chi connectivity index (χ0) is 25.3. The first-order chi connectivity index (χ1) is 15.8. The fourth-order valence-corrected chi connectivity index (χ4v) is 5.24. The summed E-state index contributed by atoms with van der Waals surface area (Å²) in [5.41, 5.74) is -1.83. The molecule has 1 aliphatic rings. The van der Waals surface area contributed by atoms with Crippen LogP contribution in [0.1, 0.15) is 35.7 Å². The summed E-state index contributed by atoms with van der Waals surface area (Å²) in [4.78, 5) is 21.6. The molecule has 3 rings (SSSR count). The van der Waals surface area contributed by atoms with Gasteiger partial charge in [0.05, 0.1) is 23.2 Å². The molecule has 1 saturated carbocycles. The summed E-state index contributed by atoms with van der Waals surface area (Å²) in [6, 6.07) is 6.83. The topological polar surface area (TPSA) is 128 Å². The third kappa shape index (κ3) is 5.47. The van der Waals surface area contributed by atoms with Crippen molar-refractivity contribution in [3.63, 3.8) is 0 Å². The molecule has 1 atom stereocenters. The first-order valence-corrected chi connectivity index (χ1v) is 11.6. The van der Waals surface area contributed by atoms with Crippen LogP contribution in [-0.4, -0.2) is 38.5 Å². The van der Waals surface area contributed by atoms with Gasteiger partial charge in [-0.25, -0.2) is 17.9 Å². The number of nitro groups is 1. The highest BCUT2D eigenvalue weighted by Gasteiger charge is 2.39. The molecule has 1 aliphatic carbocycles. The fraction of sp³-hybridized carbons (Fsp3) is 0.381. The fourth-order valence-electron chi connectivity index (χ4n) is 3.80. The number of nitrogens with zero attached hydrogens (tertiary/aromatic N) is 1. The molecular formula is C21H22F3N3O6S.